The van der Waals surface area contributed by atoms with Gasteiger partial charge in [-0.15, -0.1) is 0 Å². The van der Waals surface area contributed by atoms with Gasteiger partial charge in [-0.2, -0.15) is 0 Å². The van der Waals surface area contributed by atoms with Crippen molar-refractivity contribution in [1.82, 2.24) is 9.55 Å². The summed E-state index contributed by atoms with van der Waals surface area (Å²) in [5, 5.41) is 7.50. The fourth-order valence-electron chi connectivity index (χ4n) is 7.49. The molecule has 1 heterocycles. The van der Waals surface area contributed by atoms with Crippen molar-refractivity contribution < 1.29 is 0 Å². The van der Waals surface area contributed by atoms with Crippen molar-refractivity contribution in [2.75, 3.05) is 0 Å². The first-order valence-electron chi connectivity index (χ1n) is 16.4. The van der Waals surface area contributed by atoms with Gasteiger partial charge in [0.05, 0.1) is 16.7 Å². The van der Waals surface area contributed by atoms with Gasteiger partial charge in [0.15, 0.2) is 0 Å². The van der Waals surface area contributed by atoms with Crippen LogP contribution in [0.4, 0.5) is 0 Å². The van der Waals surface area contributed by atoms with Crippen molar-refractivity contribution in [3.05, 3.63) is 170 Å². The van der Waals surface area contributed by atoms with Gasteiger partial charge in [0, 0.05) is 11.8 Å². The van der Waals surface area contributed by atoms with Crippen LogP contribution in [0.3, 0.4) is 0 Å². The zero-order chi connectivity index (χ0) is 31.3. The number of fused-ring (bicyclic) bond motifs is 4. The second-order valence-corrected chi connectivity index (χ2v) is 12.2. The van der Waals surface area contributed by atoms with E-state index in [-0.39, 0.29) is 0 Å². The van der Waals surface area contributed by atoms with Crippen molar-refractivity contribution >= 4 is 43.4 Å². The quantitative estimate of drug-likeness (QED) is 0.180. The zero-order valence-electron chi connectivity index (χ0n) is 26.2. The highest BCUT2D eigenvalue weighted by molar-refractivity contribution is 6.22. The number of para-hydroxylation sites is 2. The maximum absolute atomic E-state index is 4.99. The van der Waals surface area contributed by atoms with Gasteiger partial charge in [-0.3, -0.25) is 4.57 Å². The monoisotopic (exact) mass is 600 g/mol. The Morgan fingerprint density at radius 3 is 1.68 bits per heavy atom. The lowest BCUT2D eigenvalue weighted by Crippen LogP contribution is -2.01. The molecule has 2 heteroatoms. The van der Waals surface area contributed by atoms with E-state index < -0.39 is 0 Å². The van der Waals surface area contributed by atoms with E-state index in [9.17, 15) is 0 Å². The summed E-state index contributed by atoms with van der Waals surface area (Å²) in [6.45, 7) is 2.18. The number of hydrogen-bond donors (Lipinski definition) is 0. The normalized spacial score (nSPS) is 11.6. The number of aromatic nitrogens is 2. The van der Waals surface area contributed by atoms with Crippen molar-refractivity contribution in [2.24, 2.45) is 0 Å². The Balaban J connectivity index is 1.34. The van der Waals surface area contributed by atoms with Crippen molar-refractivity contribution in [3.8, 4) is 39.1 Å². The molecule has 0 amide bonds. The third-order valence-corrected chi connectivity index (χ3v) is 9.55. The van der Waals surface area contributed by atoms with Crippen LogP contribution in [-0.2, 0) is 6.42 Å². The molecule has 0 unspecified atom stereocenters. The van der Waals surface area contributed by atoms with Gasteiger partial charge in [-0.25, -0.2) is 4.98 Å². The van der Waals surface area contributed by atoms with Crippen LogP contribution < -0.4 is 0 Å². The van der Waals surface area contributed by atoms with Crippen LogP contribution in [0.15, 0.2) is 164 Å². The van der Waals surface area contributed by atoms with E-state index in [1.165, 1.54) is 65.7 Å². The minimum Gasteiger partial charge on any atom is -0.296 e. The largest absolute Gasteiger partial charge is 0.296 e. The molecule has 9 aromatic rings. The molecule has 1 aromatic heterocycles. The van der Waals surface area contributed by atoms with Crippen LogP contribution in [0, 0.1) is 0 Å². The SMILES string of the molecule is CCc1nc2ccccc2n1-c1ccc(-c2ccc3c(-c4ccccc4)c4ccccc4c(-c4ccccc4)c3c2)c2ccccc12. The summed E-state index contributed by atoms with van der Waals surface area (Å²) in [5.74, 6) is 1.07. The van der Waals surface area contributed by atoms with E-state index in [1.54, 1.807) is 0 Å². The number of aryl methyl sites for hydroxylation is 1. The Morgan fingerprint density at radius 1 is 0.447 bits per heavy atom. The molecule has 0 saturated carbocycles. The summed E-state index contributed by atoms with van der Waals surface area (Å²) in [4.78, 5) is 4.99. The Hall–Kier alpha value is -5.99. The fourth-order valence-corrected chi connectivity index (χ4v) is 7.49. The summed E-state index contributed by atoms with van der Waals surface area (Å²) in [5.41, 5.74) is 10.8. The fraction of sp³-hybridized carbons (Fsp3) is 0.0444. The maximum atomic E-state index is 4.99. The molecule has 222 valence electrons. The van der Waals surface area contributed by atoms with E-state index in [0.29, 0.717) is 0 Å². The Labute approximate surface area is 274 Å². The van der Waals surface area contributed by atoms with Gasteiger partial charge in [0.1, 0.15) is 5.82 Å². The maximum Gasteiger partial charge on any atom is 0.114 e. The lowest BCUT2D eigenvalue weighted by atomic mass is 9.84. The Kier molecular flexibility index (Phi) is 6.46. The predicted molar refractivity (Wildman–Crippen MR) is 199 cm³/mol. The summed E-state index contributed by atoms with van der Waals surface area (Å²) in [7, 11) is 0. The molecule has 0 atom stereocenters. The summed E-state index contributed by atoms with van der Waals surface area (Å²) >= 11 is 0. The molecule has 0 radical (unpaired) electrons. The molecule has 0 aliphatic rings. The minimum absolute atomic E-state index is 0.857. The van der Waals surface area contributed by atoms with Gasteiger partial charge in [0.25, 0.3) is 0 Å². The highest BCUT2D eigenvalue weighted by atomic mass is 15.1. The molecule has 0 fully saturated rings. The first kappa shape index (κ1) is 27.3. The third-order valence-electron chi connectivity index (χ3n) is 9.55. The molecule has 0 aliphatic heterocycles. The van der Waals surface area contributed by atoms with E-state index >= 15 is 0 Å². The van der Waals surface area contributed by atoms with E-state index in [0.717, 1.165) is 29.0 Å². The molecule has 0 N–H and O–H groups in total. The average Bonchev–Trinajstić information content (AvgIpc) is 3.52. The van der Waals surface area contributed by atoms with Crippen LogP contribution >= 0.6 is 0 Å². The molecule has 47 heavy (non-hydrogen) atoms. The van der Waals surface area contributed by atoms with Gasteiger partial charge in [-0.05, 0) is 84.6 Å². The molecule has 2 nitrogen and oxygen atoms in total. The molecule has 0 aliphatic carbocycles. The smallest absolute Gasteiger partial charge is 0.114 e. The first-order valence-corrected chi connectivity index (χ1v) is 16.4. The predicted octanol–water partition coefficient (Wildman–Crippen LogP) is 12.0. The van der Waals surface area contributed by atoms with Crippen LogP contribution in [0.1, 0.15) is 12.7 Å². The second-order valence-electron chi connectivity index (χ2n) is 12.2. The zero-order valence-corrected chi connectivity index (χ0v) is 26.2. The first-order chi connectivity index (χ1) is 23.3. The van der Waals surface area contributed by atoms with E-state index in [1.807, 2.05) is 0 Å². The van der Waals surface area contributed by atoms with Crippen molar-refractivity contribution in [1.29, 1.82) is 0 Å². The molecule has 0 spiro atoms. The molecule has 0 bridgehead atoms. The topological polar surface area (TPSA) is 17.8 Å². The van der Waals surface area contributed by atoms with Crippen LogP contribution in [-0.4, -0.2) is 9.55 Å². The lowest BCUT2D eigenvalue weighted by molar-refractivity contribution is 0.913. The van der Waals surface area contributed by atoms with Crippen molar-refractivity contribution in [2.45, 2.75) is 13.3 Å². The summed E-state index contributed by atoms with van der Waals surface area (Å²) in [6, 6.07) is 59.4. The number of hydrogen-bond acceptors (Lipinski definition) is 1. The second kappa shape index (κ2) is 11.1. The highest BCUT2D eigenvalue weighted by Crippen LogP contribution is 2.45. The van der Waals surface area contributed by atoms with Crippen LogP contribution in [0.25, 0.3) is 82.4 Å². The molecule has 8 aromatic carbocycles. The number of rotatable bonds is 5. The van der Waals surface area contributed by atoms with Gasteiger partial charge in [-0.1, -0.05) is 146 Å². The molecule has 0 saturated heterocycles. The van der Waals surface area contributed by atoms with E-state index in [2.05, 4.69) is 175 Å². The average molecular weight is 601 g/mol. The van der Waals surface area contributed by atoms with Gasteiger partial charge in [0.2, 0.25) is 0 Å². The number of benzene rings is 8. The van der Waals surface area contributed by atoms with Gasteiger partial charge < -0.3 is 0 Å². The summed E-state index contributed by atoms with van der Waals surface area (Å²) < 4.78 is 2.34. The van der Waals surface area contributed by atoms with E-state index in [4.69, 9.17) is 4.98 Å². The standard InChI is InChI=1S/C45H32N2/c1-2-43-46-40-23-13-14-24-42(40)47(43)41-28-27-33(34-19-9-10-20-35(34)41)32-25-26-38-39(29-32)45(31-17-7-4-8-18-31)37-22-12-11-21-36(37)44(38)30-15-5-3-6-16-30/h3-29H,2H2,1H3. The lowest BCUT2D eigenvalue weighted by Gasteiger charge is -2.19. The van der Waals surface area contributed by atoms with Crippen LogP contribution in [0.5, 0.6) is 0 Å². The highest BCUT2D eigenvalue weighted by Gasteiger charge is 2.19. The van der Waals surface area contributed by atoms with Gasteiger partial charge >= 0.3 is 0 Å². The number of nitrogens with zero attached hydrogens (tertiary/aromatic N) is 2. The van der Waals surface area contributed by atoms with Crippen LogP contribution in [0.2, 0.25) is 0 Å². The molecular formula is C45H32N2. The van der Waals surface area contributed by atoms with Crippen molar-refractivity contribution in [3.63, 3.8) is 0 Å². The molecular weight excluding hydrogens is 569 g/mol. The molecule has 9 rings (SSSR count). The summed E-state index contributed by atoms with van der Waals surface area (Å²) in [6.07, 6.45) is 0.857. The number of imidazole rings is 1. The third kappa shape index (κ3) is 4.37. The Bertz CT molecular complexity index is 2600. The Morgan fingerprint density at radius 2 is 1.00 bits per heavy atom. The minimum atomic E-state index is 0.857.